The van der Waals surface area contributed by atoms with Gasteiger partial charge in [-0.3, -0.25) is 0 Å². The number of fused-ring (bicyclic) bond motifs is 1. The fourth-order valence-electron chi connectivity index (χ4n) is 3.79. The molecule has 2 aromatic heterocycles. The highest BCUT2D eigenvalue weighted by molar-refractivity contribution is 7.20. The quantitative estimate of drug-likeness (QED) is 0.236. The van der Waals surface area contributed by atoms with E-state index in [4.69, 9.17) is 4.74 Å². The van der Waals surface area contributed by atoms with Crippen LogP contribution in [0.25, 0.3) is 10.2 Å². The highest BCUT2D eigenvalue weighted by Crippen LogP contribution is 2.35. The summed E-state index contributed by atoms with van der Waals surface area (Å²) in [5.41, 5.74) is 4.86. The molecule has 6 nitrogen and oxygen atoms in total. The Morgan fingerprint density at radius 1 is 0.829 bits per heavy atom. The van der Waals surface area contributed by atoms with E-state index in [0.29, 0.717) is 23.7 Å². The topological polar surface area (TPSA) is 76.1 Å². The molecule has 0 unspecified atom stereocenters. The Balaban J connectivity index is 1.30. The Kier molecular flexibility index (Phi) is 6.68. The number of para-hydroxylation sites is 1. The van der Waals surface area contributed by atoms with Crippen molar-refractivity contribution in [3.8, 4) is 0 Å². The summed E-state index contributed by atoms with van der Waals surface area (Å²) in [5, 5.41) is 7.58. The maximum absolute atomic E-state index is 12.8. The first-order valence-electron chi connectivity index (χ1n) is 11.3. The van der Waals surface area contributed by atoms with Crippen LogP contribution >= 0.6 is 11.3 Å². The molecule has 0 fully saturated rings. The molecule has 2 N–H and O–H groups in total. The Labute approximate surface area is 207 Å². The molecule has 0 aliphatic rings. The van der Waals surface area contributed by atoms with Gasteiger partial charge in [0.05, 0.1) is 12.0 Å². The summed E-state index contributed by atoms with van der Waals surface area (Å²) >= 11 is 1.33. The number of hydrogen-bond acceptors (Lipinski definition) is 7. The summed E-state index contributed by atoms with van der Waals surface area (Å²) in [5.74, 6) is 0.333. The minimum atomic E-state index is -0.330. The lowest BCUT2D eigenvalue weighted by Crippen LogP contribution is -2.07. The van der Waals surface area contributed by atoms with E-state index in [9.17, 15) is 4.79 Å². The van der Waals surface area contributed by atoms with Crippen LogP contribution in [-0.2, 0) is 11.2 Å². The van der Waals surface area contributed by atoms with Gasteiger partial charge in [-0.1, -0.05) is 48.5 Å². The molecule has 0 saturated heterocycles. The van der Waals surface area contributed by atoms with E-state index in [1.165, 1.54) is 17.7 Å². The van der Waals surface area contributed by atoms with Crippen molar-refractivity contribution in [2.24, 2.45) is 0 Å². The predicted octanol–water partition coefficient (Wildman–Crippen LogP) is 6.89. The summed E-state index contributed by atoms with van der Waals surface area (Å²) in [7, 11) is 0. The van der Waals surface area contributed by atoms with Crippen LogP contribution in [0.3, 0.4) is 0 Å². The van der Waals surface area contributed by atoms with E-state index in [-0.39, 0.29) is 5.97 Å². The van der Waals surface area contributed by atoms with Crippen LogP contribution in [0.4, 0.5) is 22.9 Å². The molecule has 0 saturated carbocycles. The third-order valence-corrected chi connectivity index (χ3v) is 6.77. The van der Waals surface area contributed by atoms with Crippen LogP contribution in [0.15, 0.2) is 91.3 Å². The largest absolute Gasteiger partial charge is 0.461 e. The molecular weight excluding hydrogens is 456 g/mol. The second-order valence-corrected chi connectivity index (χ2v) is 9.02. The summed E-state index contributed by atoms with van der Waals surface area (Å²) in [4.78, 5) is 22.9. The molecule has 0 bridgehead atoms. The van der Waals surface area contributed by atoms with Crippen molar-refractivity contribution in [2.75, 3.05) is 17.2 Å². The number of anilines is 4. The summed E-state index contributed by atoms with van der Waals surface area (Å²) in [6, 6.07) is 28.0. The Morgan fingerprint density at radius 3 is 2.17 bits per heavy atom. The van der Waals surface area contributed by atoms with Gasteiger partial charge in [0.15, 0.2) is 0 Å². The van der Waals surface area contributed by atoms with Crippen molar-refractivity contribution in [2.45, 2.75) is 13.3 Å². The smallest absolute Gasteiger partial charge is 0.348 e. The van der Waals surface area contributed by atoms with Crippen LogP contribution in [-0.4, -0.2) is 22.5 Å². The standard InChI is InChI=1S/C28H24N4O2S/c1-19-24-26(32-23-14-12-22(13-15-23)31-21-10-6-3-7-11-21)29-18-30-27(24)35-25(19)28(33)34-17-16-20-8-4-2-5-9-20/h2-15,18,31H,16-17H2,1H3,(H,29,30,32). The predicted molar refractivity (Wildman–Crippen MR) is 142 cm³/mol. The number of ether oxygens (including phenoxy) is 1. The molecule has 3 aromatic carbocycles. The molecule has 5 aromatic rings. The van der Waals surface area contributed by atoms with Crippen LogP contribution in [0.1, 0.15) is 20.8 Å². The maximum atomic E-state index is 12.8. The van der Waals surface area contributed by atoms with Crippen LogP contribution < -0.4 is 10.6 Å². The van der Waals surface area contributed by atoms with Crippen molar-refractivity contribution in [3.63, 3.8) is 0 Å². The number of carbonyl (C=O) groups is 1. The third kappa shape index (κ3) is 5.31. The SMILES string of the molecule is Cc1c(C(=O)OCCc2ccccc2)sc2ncnc(Nc3ccc(Nc4ccccc4)cc3)c12. The van der Waals surface area contributed by atoms with Gasteiger partial charge in [-0.15, -0.1) is 11.3 Å². The number of rotatable bonds is 8. The lowest BCUT2D eigenvalue weighted by Gasteiger charge is -2.10. The Hall–Kier alpha value is -4.23. The van der Waals surface area contributed by atoms with E-state index < -0.39 is 0 Å². The number of benzene rings is 3. The molecule has 5 rings (SSSR count). The summed E-state index contributed by atoms with van der Waals surface area (Å²) in [6.07, 6.45) is 2.19. The first-order valence-corrected chi connectivity index (χ1v) is 12.1. The van der Waals surface area contributed by atoms with E-state index >= 15 is 0 Å². The zero-order valence-electron chi connectivity index (χ0n) is 19.2. The first kappa shape index (κ1) is 22.6. The molecule has 174 valence electrons. The minimum Gasteiger partial charge on any atom is -0.461 e. The molecule has 0 aliphatic carbocycles. The summed E-state index contributed by atoms with van der Waals surface area (Å²) in [6.45, 7) is 2.24. The lowest BCUT2D eigenvalue weighted by atomic mass is 10.2. The third-order valence-electron chi connectivity index (χ3n) is 5.59. The van der Waals surface area contributed by atoms with Gasteiger partial charge in [-0.25, -0.2) is 14.8 Å². The zero-order valence-corrected chi connectivity index (χ0v) is 20.0. The maximum Gasteiger partial charge on any atom is 0.348 e. The number of aryl methyl sites for hydroxylation is 1. The van der Waals surface area contributed by atoms with Gasteiger partial charge in [0, 0.05) is 23.5 Å². The molecule has 7 heteroatoms. The minimum absolute atomic E-state index is 0.330. The molecule has 0 radical (unpaired) electrons. The van der Waals surface area contributed by atoms with E-state index in [1.54, 1.807) is 0 Å². The molecule has 0 aliphatic heterocycles. The molecular formula is C28H24N4O2S. The second kappa shape index (κ2) is 10.4. The fourth-order valence-corrected chi connectivity index (χ4v) is 4.84. The van der Waals surface area contributed by atoms with Crippen molar-refractivity contribution < 1.29 is 9.53 Å². The number of hydrogen-bond donors (Lipinski definition) is 2. The molecule has 0 amide bonds. The zero-order chi connectivity index (χ0) is 24.0. The molecule has 35 heavy (non-hydrogen) atoms. The van der Waals surface area contributed by atoms with Gasteiger partial charge >= 0.3 is 5.97 Å². The molecule has 0 spiro atoms. The van der Waals surface area contributed by atoms with E-state index in [1.807, 2.05) is 91.9 Å². The monoisotopic (exact) mass is 480 g/mol. The molecule has 2 heterocycles. The average Bonchev–Trinajstić information content (AvgIpc) is 3.24. The first-order chi connectivity index (χ1) is 17.2. The number of carbonyl (C=O) groups excluding carboxylic acids is 1. The average molecular weight is 481 g/mol. The number of thiophene rings is 1. The number of nitrogens with zero attached hydrogens (tertiary/aromatic N) is 2. The van der Waals surface area contributed by atoms with Crippen LogP contribution in [0.5, 0.6) is 0 Å². The van der Waals surface area contributed by atoms with Gasteiger partial charge < -0.3 is 15.4 Å². The highest BCUT2D eigenvalue weighted by Gasteiger charge is 2.20. The van der Waals surface area contributed by atoms with E-state index in [0.717, 1.165) is 38.4 Å². The van der Waals surface area contributed by atoms with Crippen LogP contribution in [0, 0.1) is 6.92 Å². The van der Waals surface area contributed by atoms with Gasteiger partial charge in [-0.2, -0.15) is 0 Å². The van der Waals surface area contributed by atoms with Gasteiger partial charge in [0.1, 0.15) is 21.9 Å². The van der Waals surface area contributed by atoms with E-state index in [2.05, 4.69) is 20.6 Å². The van der Waals surface area contributed by atoms with Crippen molar-refractivity contribution in [1.82, 2.24) is 9.97 Å². The highest BCUT2D eigenvalue weighted by atomic mass is 32.1. The van der Waals surface area contributed by atoms with Crippen molar-refractivity contribution >= 4 is 50.4 Å². The summed E-state index contributed by atoms with van der Waals surface area (Å²) < 4.78 is 5.56. The Morgan fingerprint density at radius 2 is 1.46 bits per heavy atom. The van der Waals surface area contributed by atoms with Gasteiger partial charge in [0.25, 0.3) is 0 Å². The molecule has 0 atom stereocenters. The normalized spacial score (nSPS) is 10.8. The fraction of sp³-hybridized carbons (Fsp3) is 0.107. The second-order valence-electron chi connectivity index (χ2n) is 8.02. The van der Waals surface area contributed by atoms with Gasteiger partial charge in [0.2, 0.25) is 0 Å². The number of nitrogens with one attached hydrogen (secondary N) is 2. The Bertz CT molecular complexity index is 1440. The number of aromatic nitrogens is 2. The van der Waals surface area contributed by atoms with Crippen molar-refractivity contribution in [3.05, 3.63) is 107 Å². The lowest BCUT2D eigenvalue weighted by molar-refractivity contribution is 0.0514. The van der Waals surface area contributed by atoms with Gasteiger partial charge in [-0.05, 0) is 54.4 Å². The van der Waals surface area contributed by atoms with Crippen LogP contribution in [0.2, 0.25) is 0 Å². The van der Waals surface area contributed by atoms with Crippen molar-refractivity contribution in [1.29, 1.82) is 0 Å². The number of esters is 1.